The van der Waals surface area contributed by atoms with E-state index in [-0.39, 0.29) is 0 Å². The van der Waals surface area contributed by atoms with Gasteiger partial charge in [-0.3, -0.25) is 0 Å². The average molecular weight is 266 g/mol. The molecule has 4 unspecified atom stereocenters. The fraction of sp³-hybridized carbons (Fsp3) is 0.714. The molecule has 0 radical (unpaired) electrons. The van der Waals surface area contributed by atoms with Crippen molar-refractivity contribution >= 4 is 29.9 Å². The summed E-state index contributed by atoms with van der Waals surface area (Å²) in [6, 6.07) is 0. The van der Waals surface area contributed by atoms with E-state index in [2.05, 4.69) is 12.2 Å². The fourth-order valence-electron chi connectivity index (χ4n) is 1.65. The second kappa shape index (κ2) is 1.73. The van der Waals surface area contributed by atoms with Crippen molar-refractivity contribution < 1.29 is 4.74 Å². The number of rotatable bonds is 1. The van der Waals surface area contributed by atoms with Gasteiger partial charge in [-0.05, 0) is 0 Å². The van der Waals surface area contributed by atoms with Crippen molar-refractivity contribution in [3.05, 3.63) is 12.2 Å². The molecule has 1 nitrogen and oxygen atoms in total. The Kier molecular flexibility index (Phi) is 1.09. The van der Waals surface area contributed by atoms with Crippen LogP contribution in [0, 0.1) is 0 Å². The normalized spacial score (nSPS) is 61.1. The summed E-state index contributed by atoms with van der Waals surface area (Å²) in [5.41, 5.74) is 0. The summed E-state index contributed by atoms with van der Waals surface area (Å²) in [4.78, 5) is 2.81. The Hall–Kier alpha value is 0.739. The standard InChI is InChI=1S/C7H8OSe2/c1-8-7-5(10-7)3-2-4-6(7)9-4/h2-6H,1H3. The van der Waals surface area contributed by atoms with Crippen LogP contribution >= 0.6 is 0 Å². The molecule has 3 heteroatoms. The summed E-state index contributed by atoms with van der Waals surface area (Å²) < 4.78 is 6.02. The third-order valence-corrected chi connectivity index (χ3v) is 9.24. The van der Waals surface area contributed by atoms with Gasteiger partial charge in [-0.15, -0.1) is 0 Å². The van der Waals surface area contributed by atoms with E-state index in [9.17, 15) is 0 Å². The number of allylic oxidation sites excluding steroid dienone is 1. The van der Waals surface area contributed by atoms with Gasteiger partial charge in [0.25, 0.3) is 0 Å². The van der Waals surface area contributed by atoms with Crippen LogP contribution in [-0.2, 0) is 4.74 Å². The van der Waals surface area contributed by atoms with Gasteiger partial charge in [-0.25, -0.2) is 0 Å². The van der Waals surface area contributed by atoms with E-state index in [0.717, 1.165) is 44.4 Å². The molecule has 3 rings (SSSR count). The minimum atomic E-state index is 0.423. The molecule has 2 heterocycles. The first-order valence-electron chi connectivity index (χ1n) is 3.43. The summed E-state index contributed by atoms with van der Waals surface area (Å²) in [6.07, 6.45) is 4.83. The van der Waals surface area contributed by atoms with Crippen LogP contribution in [0.4, 0.5) is 0 Å². The van der Waals surface area contributed by atoms with Crippen molar-refractivity contribution in [2.75, 3.05) is 7.11 Å². The molecule has 0 saturated carbocycles. The fourth-order valence-corrected chi connectivity index (χ4v) is 8.67. The van der Waals surface area contributed by atoms with Crippen LogP contribution in [0.5, 0.6) is 0 Å². The number of methoxy groups -OCH3 is 1. The van der Waals surface area contributed by atoms with Crippen molar-refractivity contribution in [2.45, 2.75) is 18.9 Å². The number of fused-ring (bicyclic) bond motifs is 3. The van der Waals surface area contributed by atoms with E-state index in [1.165, 1.54) is 0 Å². The molecule has 0 aromatic heterocycles. The van der Waals surface area contributed by atoms with E-state index in [4.69, 9.17) is 4.74 Å². The summed E-state index contributed by atoms with van der Waals surface area (Å²) in [6.45, 7) is 0. The second-order valence-corrected chi connectivity index (χ2v) is 8.55. The van der Waals surface area contributed by atoms with Crippen LogP contribution in [0.2, 0.25) is 14.4 Å². The summed E-state index contributed by atoms with van der Waals surface area (Å²) in [5.74, 6) is 0. The van der Waals surface area contributed by atoms with Gasteiger partial charge in [0, 0.05) is 0 Å². The number of hydrogen-bond acceptors (Lipinski definition) is 1. The maximum atomic E-state index is 5.60. The Morgan fingerprint density at radius 2 is 2.40 bits per heavy atom. The van der Waals surface area contributed by atoms with Crippen LogP contribution < -0.4 is 0 Å². The first-order chi connectivity index (χ1) is 4.87. The molecule has 2 aliphatic heterocycles. The van der Waals surface area contributed by atoms with Crippen molar-refractivity contribution in [2.24, 2.45) is 0 Å². The molecule has 0 N–H and O–H groups in total. The topological polar surface area (TPSA) is 9.23 Å². The molecule has 0 spiro atoms. The molecule has 10 heavy (non-hydrogen) atoms. The summed E-state index contributed by atoms with van der Waals surface area (Å²) >= 11 is 1.69. The van der Waals surface area contributed by atoms with Crippen LogP contribution in [-0.4, -0.2) is 41.5 Å². The minimum absolute atomic E-state index is 0.423. The SMILES string of the molecule is COC12[Se]C1C=CC1[Se]C12. The van der Waals surface area contributed by atoms with E-state index >= 15 is 0 Å². The van der Waals surface area contributed by atoms with Crippen molar-refractivity contribution in [3.8, 4) is 0 Å². The zero-order valence-corrected chi connectivity index (χ0v) is 9.04. The second-order valence-electron chi connectivity index (χ2n) is 2.87. The number of hydrogen-bond donors (Lipinski definition) is 0. The molecule has 4 atom stereocenters. The van der Waals surface area contributed by atoms with E-state index in [1.54, 1.807) is 0 Å². The first-order valence-corrected chi connectivity index (χ1v) is 7.26. The van der Waals surface area contributed by atoms with Gasteiger partial charge in [-0.1, -0.05) is 0 Å². The van der Waals surface area contributed by atoms with Gasteiger partial charge >= 0.3 is 72.9 Å². The first kappa shape index (κ1) is 6.28. The molecular formula is C7H8OSe2. The van der Waals surface area contributed by atoms with E-state index in [0.29, 0.717) is 4.50 Å². The van der Waals surface area contributed by atoms with E-state index < -0.39 is 0 Å². The van der Waals surface area contributed by atoms with Gasteiger partial charge in [0.05, 0.1) is 0 Å². The van der Waals surface area contributed by atoms with Gasteiger partial charge in [0.2, 0.25) is 0 Å². The Balaban J connectivity index is 1.98. The molecule has 2 fully saturated rings. The molecular weight excluding hydrogens is 258 g/mol. The molecule has 0 aromatic rings. The number of ether oxygens (including phenoxy) is 1. The predicted octanol–water partition coefficient (Wildman–Crippen LogP) is 0.700. The molecule has 54 valence electrons. The quantitative estimate of drug-likeness (QED) is 0.501. The summed E-state index contributed by atoms with van der Waals surface area (Å²) in [5, 5.41) is 0. The van der Waals surface area contributed by atoms with Crippen molar-refractivity contribution in [3.63, 3.8) is 0 Å². The third-order valence-electron chi connectivity index (χ3n) is 2.37. The molecule has 2 saturated heterocycles. The third kappa shape index (κ3) is 0.592. The van der Waals surface area contributed by atoms with Gasteiger partial charge in [-0.2, -0.15) is 0 Å². The Morgan fingerprint density at radius 3 is 3.10 bits per heavy atom. The Morgan fingerprint density at radius 1 is 1.50 bits per heavy atom. The monoisotopic (exact) mass is 268 g/mol. The van der Waals surface area contributed by atoms with Gasteiger partial charge in [0.15, 0.2) is 0 Å². The Labute approximate surface area is 72.9 Å². The van der Waals surface area contributed by atoms with E-state index in [1.807, 2.05) is 7.11 Å². The van der Waals surface area contributed by atoms with Crippen LogP contribution in [0.25, 0.3) is 0 Å². The molecule has 1 aliphatic carbocycles. The predicted molar refractivity (Wildman–Crippen MR) is 41.6 cm³/mol. The zero-order chi connectivity index (χ0) is 6.77. The van der Waals surface area contributed by atoms with Crippen molar-refractivity contribution in [1.29, 1.82) is 0 Å². The molecule has 0 bridgehead atoms. The molecule has 0 amide bonds. The van der Waals surface area contributed by atoms with Gasteiger partial charge < -0.3 is 0 Å². The van der Waals surface area contributed by atoms with Crippen molar-refractivity contribution in [1.82, 2.24) is 0 Å². The maximum absolute atomic E-state index is 5.60. The van der Waals surface area contributed by atoms with Crippen LogP contribution in [0.3, 0.4) is 0 Å². The molecule has 3 aliphatic rings. The average Bonchev–Trinajstić information content (AvgIpc) is 2.81. The summed E-state index contributed by atoms with van der Waals surface area (Å²) in [7, 11) is 1.90. The van der Waals surface area contributed by atoms with Gasteiger partial charge in [0.1, 0.15) is 0 Å². The molecule has 0 aromatic carbocycles. The zero-order valence-electron chi connectivity index (χ0n) is 5.61. The Bertz CT molecular complexity index is 216. The van der Waals surface area contributed by atoms with Crippen LogP contribution in [0.1, 0.15) is 0 Å². The van der Waals surface area contributed by atoms with Crippen LogP contribution in [0.15, 0.2) is 12.2 Å².